The van der Waals surface area contributed by atoms with Crippen LogP contribution in [0.25, 0.3) is 0 Å². The van der Waals surface area contributed by atoms with Gasteiger partial charge in [-0.05, 0) is 61.1 Å². The highest BCUT2D eigenvalue weighted by molar-refractivity contribution is 6.05. The predicted molar refractivity (Wildman–Crippen MR) is 130 cm³/mol. The van der Waals surface area contributed by atoms with Crippen molar-refractivity contribution in [2.75, 3.05) is 20.2 Å². The highest BCUT2D eigenvalue weighted by Gasteiger charge is 2.42. The van der Waals surface area contributed by atoms with Gasteiger partial charge in [0, 0.05) is 55.8 Å². The summed E-state index contributed by atoms with van der Waals surface area (Å²) in [5, 5.41) is 2.35. The summed E-state index contributed by atoms with van der Waals surface area (Å²) in [4.78, 5) is 45.0. The van der Waals surface area contributed by atoms with Gasteiger partial charge >= 0.3 is 0 Å². The molecule has 0 radical (unpaired) electrons. The summed E-state index contributed by atoms with van der Waals surface area (Å²) in [5.41, 5.74) is 2.73. The Balaban J connectivity index is 1.09. The summed E-state index contributed by atoms with van der Waals surface area (Å²) in [6.07, 6.45) is 5.78. The van der Waals surface area contributed by atoms with Crippen molar-refractivity contribution in [3.05, 3.63) is 53.2 Å². The molecule has 1 unspecified atom stereocenters. The summed E-state index contributed by atoms with van der Waals surface area (Å²) in [5.74, 6) is 1.06. The summed E-state index contributed by atoms with van der Waals surface area (Å²) in [6.45, 7) is 2.35. The Morgan fingerprint density at radius 1 is 1.06 bits per heavy atom. The van der Waals surface area contributed by atoms with Gasteiger partial charge in [0.1, 0.15) is 17.9 Å². The molecule has 1 aliphatic carbocycles. The smallest absolute Gasteiger partial charge is 0.255 e. The monoisotopic (exact) mass is 490 g/mol. The summed E-state index contributed by atoms with van der Waals surface area (Å²) >= 11 is 0. The van der Waals surface area contributed by atoms with Crippen molar-refractivity contribution in [2.45, 2.75) is 62.8 Å². The zero-order valence-corrected chi connectivity index (χ0v) is 20.3. The molecule has 1 aromatic heterocycles. The molecule has 2 saturated heterocycles. The van der Waals surface area contributed by atoms with Gasteiger partial charge in [-0.1, -0.05) is 0 Å². The van der Waals surface area contributed by atoms with Gasteiger partial charge in [-0.15, -0.1) is 0 Å². The van der Waals surface area contributed by atoms with Crippen LogP contribution in [-0.2, 0) is 16.1 Å². The van der Waals surface area contributed by atoms with Crippen molar-refractivity contribution >= 4 is 17.7 Å². The van der Waals surface area contributed by atoms with Gasteiger partial charge in [0.2, 0.25) is 17.7 Å². The number of nitrogens with zero attached hydrogens (tertiary/aromatic N) is 3. The van der Waals surface area contributed by atoms with Crippen molar-refractivity contribution in [2.24, 2.45) is 0 Å². The number of pyridine rings is 1. The molecule has 4 aliphatic rings. The quantitative estimate of drug-likeness (QED) is 0.620. The van der Waals surface area contributed by atoms with E-state index in [2.05, 4.69) is 21.3 Å². The second kappa shape index (κ2) is 9.20. The first-order valence-electron chi connectivity index (χ1n) is 12.7. The Morgan fingerprint density at radius 2 is 1.92 bits per heavy atom. The van der Waals surface area contributed by atoms with Crippen molar-refractivity contribution in [1.82, 2.24) is 20.1 Å². The van der Waals surface area contributed by atoms with Crippen molar-refractivity contribution in [3.63, 3.8) is 0 Å². The first kappa shape index (κ1) is 23.0. The Bertz CT molecular complexity index is 1210. The number of ether oxygens (including phenoxy) is 2. The summed E-state index contributed by atoms with van der Waals surface area (Å²) < 4.78 is 11.7. The topological polar surface area (TPSA) is 101 Å². The molecule has 2 aromatic rings. The van der Waals surface area contributed by atoms with E-state index in [1.54, 1.807) is 24.3 Å². The summed E-state index contributed by atoms with van der Waals surface area (Å²) in [7, 11) is 1.64. The predicted octanol–water partition coefficient (Wildman–Crippen LogP) is 2.25. The molecule has 1 saturated carbocycles. The average Bonchev–Trinajstić information content (AvgIpc) is 3.42. The fraction of sp³-hybridized carbons (Fsp3) is 0.481. The van der Waals surface area contributed by atoms with Gasteiger partial charge in [-0.3, -0.25) is 24.6 Å². The zero-order chi connectivity index (χ0) is 24.8. The molecule has 36 heavy (non-hydrogen) atoms. The van der Waals surface area contributed by atoms with E-state index >= 15 is 0 Å². The second-order valence-electron chi connectivity index (χ2n) is 10.2. The number of piperidine rings is 1. The summed E-state index contributed by atoms with van der Waals surface area (Å²) in [6, 6.07) is 9.47. The van der Waals surface area contributed by atoms with Crippen molar-refractivity contribution < 1.29 is 23.9 Å². The van der Waals surface area contributed by atoms with Gasteiger partial charge in [0.25, 0.3) is 5.91 Å². The van der Waals surface area contributed by atoms with Crippen LogP contribution in [0.2, 0.25) is 0 Å². The first-order valence-corrected chi connectivity index (χ1v) is 12.7. The Hall–Kier alpha value is -3.46. The SMILES string of the molecule is COc1cc(C2CN([C@@H]3CCC[C@@H]3Oc3ccc4c(c3)CN(C3CCC(=O)NC3=O)C4=O)C2)ccn1. The molecule has 9 heteroatoms. The fourth-order valence-corrected chi connectivity index (χ4v) is 6.05. The van der Waals surface area contributed by atoms with Crippen molar-refractivity contribution in [3.8, 4) is 11.6 Å². The first-order chi connectivity index (χ1) is 17.5. The zero-order valence-electron chi connectivity index (χ0n) is 20.3. The molecule has 1 aromatic carbocycles. The molecule has 3 atom stereocenters. The van der Waals surface area contributed by atoms with Crippen LogP contribution in [0.15, 0.2) is 36.5 Å². The molecule has 3 fully saturated rings. The number of aromatic nitrogens is 1. The lowest BCUT2D eigenvalue weighted by molar-refractivity contribution is -0.136. The molecule has 6 rings (SSSR count). The molecule has 1 N–H and O–H groups in total. The minimum Gasteiger partial charge on any atom is -0.489 e. The van der Waals surface area contributed by atoms with Crippen LogP contribution >= 0.6 is 0 Å². The van der Waals surface area contributed by atoms with E-state index in [1.807, 2.05) is 18.2 Å². The normalized spacial score (nSPS) is 26.5. The maximum absolute atomic E-state index is 13.0. The third-order valence-corrected chi connectivity index (χ3v) is 8.02. The largest absolute Gasteiger partial charge is 0.489 e. The highest BCUT2D eigenvalue weighted by Crippen LogP contribution is 2.37. The number of fused-ring (bicyclic) bond motifs is 1. The minimum absolute atomic E-state index is 0.110. The van der Waals surface area contributed by atoms with Crippen molar-refractivity contribution in [1.29, 1.82) is 0 Å². The van der Waals surface area contributed by atoms with Gasteiger partial charge < -0.3 is 14.4 Å². The number of imide groups is 1. The number of likely N-dealkylation sites (tertiary alicyclic amines) is 1. The molecular weight excluding hydrogens is 460 g/mol. The standard InChI is InChI=1S/C27H30N4O5/c1-35-25-12-16(9-10-28-25)18-13-30(14-18)21-3-2-4-23(21)36-19-5-6-20-17(11-19)15-31(27(20)34)22-7-8-24(32)29-26(22)33/h5-6,9-12,18,21-23H,2-4,7-8,13-15H2,1H3,(H,29,32,33)/t21-,22?,23+/m1/s1. The average molecular weight is 491 g/mol. The lowest BCUT2D eigenvalue weighted by Gasteiger charge is -2.45. The van der Waals surface area contributed by atoms with Crippen LogP contribution in [0.4, 0.5) is 0 Å². The minimum atomic E-state index is -0.606. The van der Waals surface area contributed by atoms with Crippen LogP contribution in [0.5, 0.6) is 11.6 Å². The lowest BCUT2D eigenvalue weighted by Crippen LogP contribution is -2.54. The molecule has 9 nitrogen and oxygen atoms in total. The Kier molecular flexibility index (Phi) is 5.87. The fourth-order valence-electron chi connectivity index (χ4n) is 6.05. The molecule has 3 amide bonds. The molecule has 3 aliphatic heterocycles. The number of carbonyl (C=O) groups excluding carboxylic acids is 3. The van der Waals surface area contributed by atoms with E-state index in [1.165, 1.54) is 5.56 Å². The van der Waals surface area contributed by atoms with Crippen LogP contribution in [0.3, 0.4) is 0 Å². The van der Waals surface area contributed by atoms with Gasteiger partial charge in [0.05, 0.1) is 7.11 Å². The maximum Gasteiger partial charge on any atom is 0.255 e. The third kappa shape index (κ3) is 4.11. The number of methoxy groups -OCH3 is 1. The Morgan fingerprint density at radius 3 is 2.72 bits per heavy atom. The number of benzene rings is 1. The van der Waals surface area contributed by atoms with Crippen LogP contribution < -0.4 is 14.8 Å². The van der Waals surface area contributed by atoms with E-state index in [0.29, 0.717) is 36.4 Å². The highest BCUT2D eigenvalue weighted by atomic mass is 16.5. The van der Waals surface area contributed by atoms with Gasteiger partial charge in [0.15, 0.2) is 0 Å². The number of carbonyl (C=O) groups is 3. The maximum atomic E-state index is 13.0. The lowest BCUT2D eigenvalue weighted by atomic mass is 9.90. The number of rotatable bonds is 6. The van der Waals surface area contributed by atoms with E-state index < -0.39 is 11.9 Å². The van der Waals surface area contributed by atoms with Crippen LogP contribution in [0.1, 0.15) is 59.5 Å². The van der Waals surface area contributed by atoms with Gasteiger partial charge in [-0.25, -0.2) is 4.98 Å². The third-order valence-electron chi connectivity index (χ3n) is 8.02. The Labute approximate surface area is 209 Å². The molecule has 188 valence electrons. The van der Waals surface area contributed by atoms with E-state index in [-0.39, 0.29) is 24.3 Å². The van der Waals surface area contributed by atoms with Gasteiger partial charge in [-0.2, -0.15) is 0 Å². The number of hydrogen-bond donors (Lipinski definition) is 1. The van der Waals surface area contributed by atoms with Crippen LogP contribution in [-0.4, -0.2) is 70.9 Å². The van der Waals surface area contributed by atoms with Crippen LogP contribution in [0, 0.1) is 0 Å². The molecule has 0 bridgehead atoms. The molecular formula is C27H30N4O5. The molecule has 4 heterocycles. The number of amides is 3. The van der Waals surface area contributed by atoms with E-state index in [0.717, 1.165) is 43.7 Å². The molecule has 0 spiro atoms. The second-order valence-corrected chi connectivity index (χ2v) is 10.2. The number of hydrogen-bond acceptors (Lipinski definition) is 7. The van der Waals surface area contributed by atoms with E-state index in [4.69, 9.17) is 9.47 Å². The van der Waals surface area contributed by atoms with E-state index in [9.17, 15) is 14.4 Å². The number of nitrogens with one attached hydrogen (secondary N) is 1.